The van der Waals surface area contributed by atoms with Crippen LogP contribution in [0.15, 0.2) is 45.3 Å². The lowest BCUT2D eigenvalue weighted by Gasteiger charge is -2.07. The first-order valence-electron chi connectivity index (χ1n) is 8.92. The van der Waals surface area contributed by atoms with Crippen molar-refractivity contribution < 1.29 is 32.7 Å². The van der Waals surface area contributed by atoms with Crippen LogP contribution in [0.2, 0.25) is 0 Å². The maximum atomic E-state index is 12.0. The number of methoxy groups -OCH3 is 1. The standard InChI is InChI=1S/C21H21NO7/c1-13-18(14(2)29-22-13)12-26-16-6-4-15(5-7-16)10-20(23)27-11-17-8-9-19(28-17)21(24)25-3/h4-9H,10-12H2,1-3H3. The van der Waals surface area contributed by atoms with E-state index in [0.717, 1.165) is 22.6 Å². The van der Waals surface area contributed by atoms with Crippen LogP contribution in [0, 0.1) is 13.8 Å². The fourth-order valence-electron chi connectivity index (χ4n) is 2.60. The van der Waals surface area contributed by atoms with Crippen LogP contribution in [0.25, 0.3) is 0 Å². The minimum absolute atomic E-state index is 0.0609. The fraction of sp³-hybridized carbons (Fsp3) is 0.286. The molecule has 0 spiro atoms. The Labute approximate surface area is 167 Å². The number of ether oxygens (including phenoxy) is 3. The predicted octanol–water partition coefficient (Wildman–Crippen LogP) is 3.54. The zero-order valence-electron chi connectivity index (χ0n) is 16.4. The molecule has 8 nitrogen and oxygen atoms in total. The summed E-state index contributed by atoms with van der Waals surface area (Å²) in [6.45, 7) is 4.00. The van der Waals surface area contributed by atoms with Crippen molar-refractivity contribution in [1.29, 1.82) is 0 Å². The van der Waals surface area contributed by atoms with Gasteiger partial charge in [-0.2, -0.15) is 0 Å². The first-order chi connectivity index (χ1) is 14.0. The molecule has 3 rings (SSSR count). The molecule has 0 fully saturated rings. The highest BCUT2D eigenvalue weighted by molar-refractivity contribution is 5.86. The minimum Gasteiger partial charge on any atom is -0.489 e. The third kappa shape index (κ3) is 5.25. The molecule has 1 aromatic carbocycles. The van der Waals surface area contributed by atoms with E-state index in [1.807, 2.05) is 13.8 Å². The molecular weight excluding hydrogens is 378 g/mol. The van der Waals surface area contributed by atoms with Crippen molar-refractivity contribution in [2.75, 3.05) is 7.11 Å². The lowest BCUT2D eigenvalue weighted by atomic mass is 10.1. The second-order valence-electron chi connectivity index (χ2n) is 6.33. The van der Waals surface area contributed by atoms with Crippen LogP contribution in [0.3, 0.4) is 0 Å². The highest BCUT2D eigenvalue weighted by Gasteiger charge is 2.13. The number of rotatable bonds is 8. The van der Waals surface area contributed by atoms with E-state index in [0.29, 0.717) is 18.1 Å². The van der Waals surface area contributed by atoms with Gasteiger partial charge in [-0.25, -0.2) is 4.79 Å². The zero-order valence-corrected chi connectivity index (χ0v) is 16.4. The number of nitrogens with zero attached hydrogens (tertiary/aromatic N) is 1. The summed E-state index contributed by atoms with van der Waals surface area (Å²) in [5, 5.41) is 3.89. The normalized spacial score (nSPS) is 10.6. The Kier molecular flexibility index (Phi) is 6.33. The average molecular weight is 399 g/mol. The summed E-state index contributed by atoms with van der Waals surface area (Å²) < 4.78 is 25.8. The Morgan fingerprint density at radius 1 is 1.03 bits per heavy atom. The summed E-state index contributed by atoms with van der Waals surface area (Å²) >= 11 is 0. The number of aryl methyl sites for hydroxylation is 2. The van der Waals surface area contributed by atoms with Gasteiger partial charge in [-0.1, -0.05) is 17.3 Å². The zero-order chi connectivity index (χ0) is 20.8. The molecule has 0 saturated heterocycles. The summed E-state index contributed by atoms with van der Waals surface area (Å²) in [5.74, 6) is 0.836. The second-order valence-corrected chi connectivity index (χ2v) is 6.33. The van der Waals surface area contributed by atoms with Crippen LogP contribution in [-0.2, 0) is 33.9 Å². The maximum absolute atomic E-state index is 12.0. The number of furan rings is 1. The van der Waals surface area contributed by atoms with Crippen LogP contribution in [0.4, 0.5) is 0 Å². The van der Waals surface area contributed by atoms with E-state index < -0.39 is 11.9 Å². The number of esters is 2. The number of hydrogen-bond donors (Lipinski definition) is 0. The van der Waals surface area contributed by atoms with Crippen LogP contribution in [0.5, 0.6) is 5.75 Å². The number of aromatic nitrogens is 1. The molecule has 2 aromatic heterocycles. The largest absolute Gasteiger partial charge is 0.489 e. The summed E-state index contributed by atoms with van der Waals surface area (Å²) in [6, 6.07) is 10.2. The van der Waals surface area contributed by atoms with Gasteiger partial charge in [0.2, 0.25) is 5.76 Å². The summed E-state index contributed by atoms with van der Waals surface area (Å²) in [6.07, 6.45) is 0.106. The first kappa shape index (κ1) is 20.2. The van der Waals surface area contributed by atoms with Gasteiger partial charge in [-0.3, -0.25) is 4.79 Å². The molecule has 152 valence electrons. The molecule has 0 unspecified atom stereocenters. The third-order valence-electron chi connectivity index (χ3n) is 4.26. The van der Waals surface area contributed by atoms with E-state index in [4.69, 9.17) is 18.4 Å². The Morgan fingerprint density at radius 2 is 1.79 bits per heavy atom. The van der Waals surface area contributed by atoms with Gasteiger partial charge in [0.1, 0.15) is 30.5 Å². The topological polar surface area (TPSA) is 101 Å². The van der Waals surface area contributed by atoms with E-state index in [1.54, 1.807) is 30.3 Å². The molecule has 29 heavy (non-hydrogen) atoms. The van der Waals surface area contributed by atoms with Gasteiger partial charge in [0.05, 0.1) is 24.8 Å². The van der Waals surface area contributed by atoms with Crippen LogP contribution < -0.4 is 4.74 Å². The first-order valence-corrected chi connectivity index (χ1v) is 8.92. The smallest absolute Gasteiger partial charge is 0.373 e. The second kappa shape index (κ2) is 9.09. The maximum Gasteiger partial charge on any atom is 0.373 e. The monoisotopic (exact) mass is 399 g/mol. The Morgan fingerprint density at radius 3 is 2.45 bits per heavy atom. The van der Waals surface area contributed by atoms with E-state index in [1.165, 1.54) is 13.2 Å². The molecule has 0 bridgehead atoms. The van der Waals surface area contributed by atoms with Crippen LogP contribution >= 0.6 is 0 Å². The summed E-state index contributed by atoms with van der Waals surface area (Å²) in [5.41, 5.74) is 2.51. The number of benzene rings is 1. The predicted molar refractivity (Wildman–Crippen MR) is 100 cm³/mol. The molecule has 8 heteroatoms. The summed E-state index contributed by atoms with van der Waals surface area (Å²) in [7, 11) is 1.26. The molecule has 0 radical (unpaired) electrons. The van der Waals surface area contributed by atoms with Crippen molar-refractivity contribution in [3.05, 3.63) is 70.5 Å². The molecule has 0 N–H and O–H groups in total. The highest BCUT2D eigenvalue weighted by atomic mass is 16.6. The Hall–Kier alpha value is -3.55. The molecule has 0 saturated carbocycles. The molecule has 0 atom stereocenters. The van der Waals surface area contributed by atoms with Crippen molar-refractivity contribution in [3.63, 3.8) is 0 Å². The third-order valence-corrected chi connectivity index (χ3v) is 4.26. The SMILES string of the molecule is COC(=O)c1ccc(COC(=O)Cc2ccc(OCc3c(C)noc3C)cc2)o1. The van der Waals surface area contributed by atoms with Crippen molar-refractivity contribution in [2.24, 2.45) is 0 Å². The number of carbonyl (C=O) groups excluding carboxylic acids is 2. The van der Waals surface area contributed by atoms with E-state index in [9.17, 15) is 9.59 Å². The van der Waals surface area contributed by atoms with Crippen LogP contribution in [0.1, 0.15) is 38.9 Å². The van der Waals surface area contributed by atoms with E-state index in [-0.39, 0.29) is 18.8 Å². The Balaban J connectivity index is 1.47. The van der Waals surface area contributed by atoms with Gasteiger partial charge >= 0.3 is 11.9 Å². The van der Waals surface area contributed by atoms with Crippen molar-refractivity contribution in [3.8, 4) is 5.75 Å². The van der Waals surface area contributed by atoms with Gasteiger partial charge < -0.3 is 23.2 Å². The van der Waals surface area contributed by atoms with Gasteiger partial charge in [-0.15, -0.1) is 0 Å². The highest BCUT2D eigenvalue weighted by Crippen LogP contribution is 2.18. The van der Waals surface area contributed by atoms with Gasteiger partial charge in [0.25, 0.3) is 0 Å². The van der Waals surface area contributed by atoms with Crippen molar-refractivity contribution in [2.45, 2.75) is 33.5 Å². The number of carbonyl (C=O) groups is 2. The fourth-order valence-corrected chi connectivity index (χ4v) is 2.60. The summed E-state index contributed by atoms with van der Waals surface area (Å²) in [4.78, 5) is 23.4. The molecule has 0 amide bonds. The molecule has 2 heterocycles. The molecule has 0 aliphatic heterocycles. The van der Waals surface area contributed by atoms with Gasteiger partial charge in [0, 0.05) is 0 Å². The Bertz CT molecular complexity index is 965. The molecule has 3 aromatic rings. The minimum atomic E-state index is -0.584. The van der Waals surface area contributed by atoms with Gasteiger partial charge in [0.15, 0.2) is 0 Å². The van der Waals surface area contributed by atoms with Crippen molar-refractivity contribution in [1.82, 2.24) is 5.16 Å². The van der Waals surface area contributed by atoms with Crippen LogP contribution in [-0.4, -0.2) is 24.2 Å². The molecule has 0 aliphatic carbocycles. The average Bonchev–Trinajstić information content (AvgIpc) is 3.32. The van der Waals surface area contributed by atoms with E-state index in [2.05, 4.69) is 9.89 Å². The quantitative estimate of drug-likeness (QED) is 0.530. The van der Waals surface area contributed by atoms with E-state index >= 15 is 0 Å². The molecular formula is C21H21NO7. The lowest BCUT2D eigenvalue weighted by Crippen LogP contribution is -2.07. The lowest BCUT2D eigenvalue weighted by molar-refractivity contribution is -0.144. The molecule has 0 aliphatic rings. The number of hydrogen-bond acceptors (Lipinski definition) is 8. The van der Waals surface area contributed by atoms with Gasteiger partial charge in [-0.05, 0) is 43.7 Å². The van der Waals surface area contributed by atoms with Crippen molar-refractivity contribution >= 4 is 11.9 Å².